The molecule has 140 valence electrons. The smallest absolute Gasteiger partial charge is 0.375 e. The Hall–Kier alpha value is -1.97. The SMILES string of the molecule is CSc1cc2cc3cc4sccc4cc3cc2cc1OS(=O)(=O)C(F)(F)F. The van der Waals surface area contributed by atoms with Crippen molar-refractivity contribution >= 4 is 64.8 Å². The van der Waals surface area contributed by atoms with Crippen LogP contribution < -0.4 is 4.18 Å². The van der Waals surface area contributed by atoms with Gasteiger partial charge in [-0.05, 0) is 81.0 Å². The van der Waals surface area contributed by atoms with Crippen LogP contribution in [0.3, 0.4) is 0 Å². The number of thioether (sulfide) groups is 1. The molecule has 3 aromatic carbocycles. The average Bonchev–Trinajstić information content (AvgIpc) is 3.03. The van der Waals surface area contributed by atoms with Crippen molar-refractivity contribution in [3.05, 3.63) is 47.8 Å². The number of benzene rings is 3. The molecule has 3 nitrogen and oxygen atoms in total. The zero-order valence-corrected chi connectivity index (χ0v) is 16.2. The fourth-order valence-corrected chi connectivity index (χ4v) is 4.75. The second-order valence-corrected chi connectivity index (χ2v) is 9.18. The average molecular weight is 428 g/mol. The van der Waals surface area contributed by atoms with Crippen molar-refractivity contribution in [2.24, 2.45) is 0 Å². The number of alkyl halides is 3. The van der Waals surface area contributed by atoms with Crippen LogP contribution in [0, 0.1) is 0 Å². The van der Waals surface area contributed by atoms with Gasteiger partial charge in [0.2, 0.25) is 0 Å². The van der Waals surface area contributed by atoms with Crippen LogP contribution in [-0.4, -0.2) is 20.2 Å². The van der Waals surface area contributed by atoms with Crippen molar-refractivity contribution in [1.29, 1.82) is 0 Å². The molecule has 0 saturated heterocycles. The van der Waals surface area contributed by atoms with E-state index in [-0.39, 0.29) is 5.75 Å². The lowest BCUT2D eigenvalue weighted by atomic mass is 10.0. The normalized spacial score (nSPS) is 12.9. The number of hydrogen-bond acceptors (Lipinski definition) is 5. The Morgan fingerprint density at radius 1 is 0.926 bits per heavy atom. The van der Waals surface area contributed by atoms with E-state index in [0.29, 0.717) is 10.3 Å². The summed E-state index contributed by atoms with van der Waals surface area (Å²) in [7, 11) is -5.73. The van der Waals surface area contributed by atoms with Gasteiger partial charge in [-0.2, -0.15) is 21.6 Å². The minimum absolute atomic E-state index is 0.312. The van der Waals surface area contributed by atoms with Crippen molar-refractivity contribution in [2.75, 3.05) is 6.26 Å². The molecular weight excluding hydrogens is 417 g/mol. The third kappa shape index (κ3) is 3.24. The van der Waals surface area contributed by atoms with Gasteiger partial charge in [0, 0.05) is 4.70 Å². The first kappa shape index (κ1) is 18.4. The van der Waals surface area contributed by atoms with Crippen molar-refractivity contribution in [3.63, 3.8) is 0 Å². The van der Waals surface area contributed by atoms with E-state index in [1.807, 2.05) is 29.6 Å². The van der Waals surface area contributed by atoms with Crippen LogP contribution in [0.4, 0.5) is 13.2 Å². The van der Waals surface area contributed by atoms with E-state index < -0.39 is 15.6 Å². The maximum absolute atomic E-state index is 12.7. The van der Waals surface area contributed by atoms with E-state index in [0.717, 1.165) is 38.0 Å². The molecule has 4 aromatic rings. The molecule has 0 aliphatic heterocycles. The fourth-order valence-electron chi connectivity index (χ4n) is 2.86. The first-order valence-electron chi connectivity index (χ1n) is 7.61. The second kappa shape index (κ2) is 6.29. The van der Waals surface area contributed by atoms with Gasteiger partial charge in [0.05, 0.1) is 4.90 Å². The number of rotatable bonds is 3. The lowest BCUT2D eigenvalue weighted by molar-refractivity contribution is -0.0500. The Morgan fingerprint density at radius 3 is 2.19 bits per heavy atom. The number of hydrogen-bond donors (Lipinski definition) is 0. The maximum Gasteiger partial charge on any atom is 0.534 e. The van der Waals surface area contributed by atoms with Gasteiger partial charge in [0.1, 0.15) is 0 Å². The summed E-state index contributed by atoms with van der Waals surface area (Å²) in [6, 6.07) is 12.8. The van der Waals surface area contributed by atoms with Crippen LogP contribution >= 0.6 is 23.1 Å². The molecule has 0 bridgehead atoms. The minimum Gasteiger partial charge on any atom is -0.375 e. The highest BCUT2D eigenvalue weighted by Crippen LogP contribution is 2.38. The van der Waals surface area contributed by atoms with Crippen LogP contribution in [0.1, 0.15) is 0 Å². The van der Waals surface area contributed by atoms with Gasteiger partial charge >= 0.3 is 15.6 Å². The summed E-state index contributed by atoms with van der Waals surface area (Å²) in [5.41, 5.74) is -5.48. The first-order valence-corrected chi connectivity index (χ1v) is 11.1. The molecule has 9 heteroatoms. The van der Waals surface area contributed by atoms with Gasteiger partial charge in [0.15, 0.2) is 5.75 Å². The summed E-state index contributed by atoms with van der Waals surface area (Å²) >= 11 is 2.75. The summed E-state index contributed by atoms with van der Waals surface area (Å²) in [4.78, 5) is 0.312. The van der Waals surface area contributed by atoms with Gasteiger partial charge < -0.3 is 4.18 Å². The predicted molar refractivity (Wildman–Crippen MR) is 104 cm³/mol. The summed E-state index contributed by atoms with van der Waals surface area (Å²) in [6.07, 6.45) is 1.64. The van der Waals surface area contributed by atoms with Crippen molar-refractivity contribution in [1.82, 2.24) is 0 Å². The molecule has 1 heterocycles. The Bertz CT molecular complexity index is 1290. The highest BCUT2D eigenvalue weighted by Gasteiger charge is 2.48. The van der Waals surface area contributed by atoms with Gasteiger partial charge in [-0.25, -0.2) is 0 Å². The van der Waals surface area contributed by atoms with Gasteiger partial charge in [-0.1, -0.05) is 0 Å². The zero-order valence-electron chi connectivity index (χ0n) is 13.7. The summed E-state index contributed by atoms with van der Waals surface area (Å²) < 4.78 is 66.4. The van der Waals surface area contributed by atoms with Crippen LogP contribution in [0.25, 0.3) is 31.6 Å². The molecule has 0 radical (unpaired) electrons. The molecule has 27 heavy (non-hydrogen) atoms. The van der Waals surface area contributed by atoms with Crippen molar-refractivity contribution < 1.29 is 25.8 Å². The fraction of sp³-hybridized carbons (Fsp3) is 0.111. The monoisotopic (exact) mass is 428 g/mol. The predicted octanol–water partition coefficient (Wildman–Crippen LogP) is 6.16. The van der Waals surface area contributed by atoms with E-state index in [4.69, 9.17) is 0 Å². The standard InChI is InChI=1S/C18H11F3O3S3/c1-25-17-9-14-6-13-8-16-10(2-3-26-16)4-11(13)5-12(14)7-15(17)24-27(22,23)18(19,20)21/h2-9H,1H3. The summed E-state index contributed by atoms with van der Waals surface area (Å²) in [5, 5.41) is 6.37. The van der Waals surface area contributed by atoms with E-state index in [1.54, 1.807) is 23.7 Å². The molecule has 0 N–H and O–H groups in total. The van der Waals surface area contributed by atoms with Crippen molar-refractivity contribution in [2.45, 2.75) is 10.4 Å². The zero-order chi connectivity index (χ0) is 19.4. The van der Waals surface area contributed by atoms with Gasteiger partial charge in [-0.3, -0.25) is 0 Å². The molecule has 0 aliphatic carbocycles. The van der Waals surface area contributed by atoms with Crippen LogP contribution in [0.5, 0.6) is 5.75 Å². The Labute approximate surface area is 160 Å². The van der Waals surface area contributed by atoms with E-state index in [1.165, 1.54) is 6.07 Å². The summed E-state index contributed by atoms with van der Waals surface area (Å²) in [6.45, 7) is 0. The lowest BCUT2D eigenvalue weighted by Gasteiger charge is -2.13. The van der Waals surface area contributed by atoms with Gasteiger partial charge in [0.25, 0.3) is 0 Å². The van der Waals surface area contributed by atoms with E-state index >= 15 is 0 Å². The molecule has 0 amide bonds. The topological polar surface area (TPSA) is 43.4 Å². The van der Waals surface area contributed by atoms with E-state index in [9.17, 15) is 21.6 Å². The highest BCUT2D eigenvalue weighted by atomic mass is 32.2. The molecule has 0 unspecified atom stereocenters. The molecule has 0 saturated carbocycles. The quantitative estimate of drug-likeness (QED) is 0.170. The van der Waals surface area contributed by atoms with Crippen molar-refractivity contribution in [3.8, 4) is 5.75 Å². The maximum atomic E-state index is 12.7. The number of fused-ring (bicyclic) bond motifs is 3. The molecule has 0 aliphatic rings. The summed E-state index contributed by atoms with van der Waals surface area (Å²) in [5.74, 6) is -0.330. The number of thiophene rings is 1. The molecule has 1 aromatic heterocycles. The van der Waals surface area contributed by atoms with Gasteiger partial charge in [-0.15, -0.1) is 23.1 Å². The molecule has 0 fully saturated rings. The lowest BCUT2D eigenvalue weighted by Crippen LogP contribution is -2.28. The third-order valence-electron chi connectivity index (χ3n) is 4.13. The third-order valence-corrected chi connectivity index (χ3v) is 6.74. The Morgan fingerprint density at radius 2 is 1.52 bits per heavy atom. The van der Waals surface area contributed by atoms with Crippen LogP contribution in [0.2, 0.25) is 0 Å². The van der Waals surface area contributed by atoms with E-state index in [2.05, 4.69) is 10.2 Å². The molecular formula is C18H11F3O3S3. The highest BCUT2D eigenvalue weighted by molar-refractivity contribution is 7.98. The van der Waals surface area contributed by atoms with Crippen LogP contribution in [0.15, 0.2) is 52.7 Å². The minimum atomic E-state index is -5.73. The van der Waals surface area contributed by atoms with Crippen LogP contribution in [-0.2, 0) is 10.1 Å². The Balaban J connectivity index is 1.92. The Kier molecular flexibility index (Phi) is 4.28. The number of halogens is 3. The largest absolute Gasteiger partial charge is 0.534 e. The molecule has 0 atom stereocenters. The molecule has 4 rings (SSSR count). The molecule has 0 spiro atoms. The second-order valence-electron chi connectivity index (χ2n) is 5.84. The first-order chi connectivity index (χ1) is 12.7.